The molecule has 86 valence electrons. The number of benzene rings is 1. The summed E-state index contributed by atoms with van der Waals surface area (Å²) in [6, 6.07) is 7.96. The van der Waals surface area contributed by atoms with Crippen LogP contribution in [-0.2, 0) is 16.1 Å². The number of hydrogen-bond donors (Lipinski definition) is 3. The maximum absolute atomic E-state index is 10.8. The highest BCUT2D eigenvalue weighted by Gasteiger charge is 2.18. The van der Waals surface area contributed by atoms with Crippen LogP contribution in [-0.4, -0.2) is 23.2 Å². The lowest BCUT2D eigenvalue weighted by molar-refractivity contribution is -0.142. The Bertz CT molecular complexity index is 366. The number of nitrogens with one attached hydrogen (secondary N) is 1. The second kappa shape index (κ2) is 5.72. The van der Waals surface area contributed by atoms with Gasteiger partial charge in [-0.3, -0.25) is 4.79 Å². The number of amides is 1. The molecule has 6 heteroatoms. The van der Waals surface area contributed by atoms with Crippen molar-refractivity contribution in [1.29, 1.82) is 0 Å². The number of aliphatic carboxylic acids is 1. The van der Waals surface area contributed by atoms with E-state index in [1.807, 2.05) is 6.07 Å². The Morgan fingerprint density at radius 3 is 2.50 bits per heavy atom. The van der Waals surface area contributed by atoms with Crippen molar-refractivity contribution >= 4 is 12.1 Å². The third-order valence-corrected chi connectivity index (χ3v) is 1.88. The van der Waals surface area contributed by atoms with Crippen molar-refractivity contribution in [2.45, 2.75) is 12.5 Å². The molecule has 0 radical (unpaired) electrons. The van der Waals surface area contributed by atoms with Crippen LogP contribution in [0.5, 0.6) is 0 Å². The standard InChI is InChI=1S/C10H12N2O4/c11-10(15)16-12-8(9(13)14)6-7-4-2-1-3-5-7/h1-5,8,12H,6H2,(H2,11,15)(H,13,14). The van der Waals surface area contributed by atoms with Gasteiger partial charge in [-0.05, 0) is 5.56 Å². The Morgan fingerprint density at radius 2 is 2.00 bits per heavy atom. The molecule has 0 saturated heterocycles. The maximum atomic E-state index is 10.8. The van der Waals surface area contributed by atoms with E-state index in [9.17, 15) is 9.59 Å². The van der Waals surface area contributed by atoms with Gasteiger partial charge in [-0.2, -0.15) is 0 Å². The largest absolute Gasteiger partial charge is 0.480 e. The first-order valence-electron chi connectivity index (χ1n) is 4.58. The number of primary amides is 1. The highest BCUT2D eigenvalue weighted by atomic mass is 16.7. The zero-order valence-corrected chi connectivity index (χ0v) is 8.42. The number of hydrogen-bond acceptors (Lipinski definition) is 4. The topological polar surface area (TPSA) is 102 Å². The summed E-state index contributed by atoms with van der Waals surface area (Å²) in [6.45, 7) is 0. The summed E-state index contributed by atoms with van der Waals surface area (Å²) in [4.78, 5) is 25.4. The fourth-order valence-corrected chi connectivity index (χ4v) is 1.16. The van der Waals surface area contributed by atoms with Crippen molar-refractivity contribution in [2.75, 3.05) is 0 Å². The Labute approximate surface area is 92.0 Å². The molecule has 0 spiro atoms. The van der Waals surface area contributed by atoms with E-state index >= 15 is 0 Å². The Hall–Kier alpha value is -2.08. The first kappa shape index (κ1) is 12.0. The Morgan fingerprint density at radius 1 is 1.38 bits per heavy atom. The molecule has 0 aromatic heterocycles. The van der Waals surface area contributed by atoms with Gasteiger partial charge in [0.05, 0.1) is 0 Å². The highest BCUT2D eigenvalue weighted by Crippen LogP contribution is 2.03. The molecule has 16 heavy (non-hydrogen) atoms. The van der Waals surface area contributed by atoms with Gasteiger partial charge in [-0.25, -0.2) is 4.79 Å². The van der Waals surface area contributed by atoms with Crippen LogP contribution < -0.4 is 11.2 Å². The van der Waals surface area contributed by atoms with Crippen LogP contribution in [0, 0.1) is 0 Å². The Balaban J connectivity index is 2.58. The van der Waals surface area contributed by atoms with Crippen molar-refractivity contribution in [2.24, 2.45) is 5.73 Å². The van der Waals surface area contributed by atoms with Crippen LogP contribution in [0.4, 0.5) is 4.79 Å². The summed E-state index contributed by atoms with van der Waals surface area (Å²) in [6.07, 6.45) is -0.872. The summed E-state index contributed by atoms with van der Waals surface area (Å²) in [5.41, 5.74) is 7.63. The molecule has 1 rings (SSSR count). The summed E-state index contributed by atoms with van der Waals surface area (Å²) < 4.78 is 0. The lowest BCUT2D eigenvalue weighted by Crippen LogP contribution is -2.40. The van der Waals surface area contributed by atoms with Crippen LogP contribution in [0.3, 0.4) is 0 Å². The molecule has 1 atom stereocenters. The van der Waals surface area contributed by atoms with Gasteiger partial charge in [-0.15, -0.1) is 5.48 Å². The summed E-state index contributed by atoms with van der Waals surface area (Å²) in [5.74, 6) is -1.12. The Kier molecular flexibility index (Phi) is 4.28. The second-order valence-electron chi connectivity index (χ2n) is 3.12. The van der Waals surface area contributed by atoms with Gasteiger partial charge < -0.3 is 15.7 Å². The van der Waals surface area contributed by atoms with Gasteiger partial charge in [0.15, 0.2) is 0 Å². The minimum Gasteiger partial charge on any atom is -0.480 e. The van der Waals surface area contributed by atoms with Gasteiger partial charge in [-0.1, -0.05) is 30.3 Å². The lowest BCUT2D eigenvalue weighted by atomic mass is 10.1. The number of carboxylic acids is 1. The van der Waals surface area contributed by atoms with Gasteiger partial charge in [0.1, 0.15) is 6.04 Å². The molecular formula is C10H12N2O4. The van der Waals surface area contributed by atoms with Crippen molar-refractivity contribution in [3.63, 3.8) is 0 Å². The number of rotatable bonds is 5. The number of carboxylic acid groups (broad SMARTS) is 1. The van der Waals surface area contributed by atoms with E-state index in [0.717, 1.165) is 5.56 Å². The molecule has 0 heterocycles. The minimum atomic E-state index is -1.12. The predicted molar refractivity (Wildman–Crippen MR) is 55.4 cm³/mol. The van der Waals surface area contributed by atoms with Gasteiger partial charge in [0.2, 0.25) is 0 Å². The first-order valence-corrected chi connectivity index (χ1v) is 4.58. The fourth-order valence-electron chi connectivity index (χ4n) is 1.16. The maximum Gasteiger partial charge on any atom is 0.423 e. The van der Waals surface area contributed by atoms with Crippen LogP contribution >= 0.6 is 0 Å². The van der Waals surface area contributed by atoms with Crippen LogP contribution in [0.2, 0.25) is 0 Å². The van der Waals surface area contributed by atoms with Crippen molar-refractivity contribution in [1.82, 2.24) is 5.48 Å². The van der Waals surface area contributed by atoms with E-state index in [0.29, 0.717) is 0 Å². The number of carbonyl (C=O) groups excluding carboxylic acids is 1. The predicted octanol–water partition coefficient (Wildman–Crippen LogP) is 0.282. The van der Waals surface area contributed by atoms with Crippen molar-refractivity contribution in [3.8, 4) is 0 Å². The zero-order valence-electron chi connectivity index (χ0n) is 8.42. The van der Waals surface area contributed by atoms with Gasteiger partial charge >= 0.3 is 12.1 Å². The first-order chi connectivity index (χ1) is 7.59. The normalized spacial score (nSPS) is 11.8. The molecule has 6 nitrogen and oxygen atoms in total. The van der Waals surface area contributed by atoms with Crippen molar-refractivity contribution < 1.29 is 19.5 Å². The van der Waals surface area contributed by atoms with Crippen molar-refractivity contribution in [3.05, 3.63) is 35.9 Å². The number of hydroxylamine groups is 1. The van der Waals surface area contributed by atoms with E-state index in [1.54, 1.807) is 24.3 Å². The summed E-state index contributed by atoms with van der Waals surface area (Å²) >= 11 is 0. The fraction of sp³-hybridized carbons (Fsp3) is 0.200. The average molecular weight is 224 g/mol. The molecule has 0 aliphatic heterocycles. The number of nitrogens with two attached hydrogens (primary N) is 1. The average Bonchev–Trinajstić information content (AvgIpc) is 2.25. The molecular weight excluding hydrogens is 212 g/mol. The van der Waals surface area contributed by atoms with E-state index < -0.39 is 18.1 Å². The van der Waals surface area contributed by atoms with E-state index in [4.69, 9.17) is 10.8 Å². The molecule has 1 amide bonds. The quantitative estimate of drug-likeness (QED) is 0.623. The molecule has 4 N–H and O–H groups in total. The molecule has 0 bridgehead atoms. The minimum absolute atomic E-state index is 0.198. The van der Waals surface area contributed by atoms with E-state index in [2.05, 4.69) is 10.3 Å². The van der Waals surface area contributed by atoms with Gasteiger partial charge in [0, 0.05) is 6.42 Å². The van der Waals surface area contributed by atoms with Crippen LogP contribution in [0.1, 0.15) is 5.56 Å². The number of carbonyl (C=O) groups is 2. The SMILES string of the molecule is NC(=O)ONC(Cc1ccccc1)C(=O)O. The molecule has 1 unspecified atom stereocenters. The zero-order chi connectivity index (χ0) is 12.0. The lowest BCUT2D eigenvalue weighted by Gasteiger charge is -2.12. The highest BCUT2D eigenvalue weighted by molar-refractivity contribution is 5.74. The van der Waals surface area contributed by atoms with Crippen LogP contribution in [0.25, 0.3) is 0 Å². The van der Waals surface area contributed by atoms with Gasteiger partial charge in [0.25, 0.3) is 0 Å². The van der Waals surface area contributed by atoms with Crippen LogP contribution in [0.15, 0.2) is 30.3 Å². The molecule has 0 saturated carbocycles. The third-order valence-electron chi connectivity index (χ3n) is 1.88. The monoisotopic (exact) mass is 224 g/mol. The summed E-state index contributed by atoms with van der Waals surface area (Å²) in [7, 11) is 0. The molecule has 1 aromatic carbocycles. The third kappa shape index (κ3) is 3.97. The molecule has 0 aliphatic rings. The molecule has 0 fully saturated rings. The summed E-state index contributed by atoms with van der Waals surface area (Å²) in [5, 5.41) is 8.85. The van der Waals surface area contributed by atoms with E-state index in [-0.39, 0.29) is 6.42 Å². The van der Waals surface area contributed by atoms with E-state index in [1.165, 1.54) is 0 Å². The molecule has 1 aromatic rings. The smallest absolute Gasteiger partial charge is 0.423 e. The second-order valence-corrected chi connectivity index (χ2v) is 3.12. The molecule has 0 aliphatic carbocycles.